The molecular formula is C47H69BrN10O6. The maximum Gasteiger partial charge on any atom is 0.261 e. The molecule has 6 rings (SSSR count). The lowest BCUT2D eigenvalue weighted by atomic mass is 10.1. The van der Waals surface area contributed by atoms with Gasteiger partial charge in [0.1, 0.15) is 0 Å². The molecule has 0 bridgehead atoms. The van der Waals surface area contributed by atoms with Gasteiger partial charge in [0.05, 0.1) is 33.4 Å². The van der Waals surface area contributed by atoms with Crippen LogP contribution in [0.25, 0.3) is 0 Å². The Labute approximate surface area is 388 Å². The summed E-state index contributed by atoms with van der Waals surface area (Å²) in [5.74, 6) is -1.33. The van der Waals surface area contributed by atoms with E-state index in [1.165, 1.54) is 27.5 Å². The van der Waals surface area contributed by atoms with Crippen LogP contribution in [0, 0.1) is 0 Å². The van der Waals surface area contributed by atoms with Crippen LogP contribution < -0.4 is 16.8 Å². The summed E-state index contributed by atoms with van der Waals surface area (Å²) in [5, 5.41) is 3.68. The van der Waals surface area contributed by atoms with Gasteiger partial charge in [-0.15, -0.1) is 0 Å². The number of unbranched alkanes of at least 4 members (excludes halogenated alkanes) is 1. The molecule has 0 aliphatic carbocycles. The summed E-state index contributed by atoms with van der Waals surface area (Å²) in [7, 11) is 10.0. The molecule has 0 fully saturated rings. The average Bonchev–Trinajstić information content (AvgIpc) is 3.80. The topological polar surface area (TPSA) is 189 Å². The van der Waals surface area contributed by atoms with E-state index < -0.39 is 0 Å². The fourth-order valence-corrected chi connectivity index (χ4v) is 7.23. The predicted octanol–water partition coefficient (Wildman–Crippen LogP) is 2.89. The SMILES string of the molecule is CCCCNC.CN(CCN(C)CCN1C(=O)c2ccccc2C1=O)CCN1C(=O)c2ccccc2C1=O.CN(CCN)CCN(C)CCN.O=C1c2ccccc2C(=O)N1CCBr. The number of nitrogens with one attached hydrogen (secondary N) is 1. The molecule has 3 aromatic rings. The van der Waals surface area contributed by atoms with Crippen molar-refractivity contribution in [1.82, 2.24) is 39.6 Å². The lowest BCUT2D eigenvalue weighted by molar-refractivity contribution is 0.0616. The maximum absolute atomic E-state index is 12.5. The molecule has 350 valence electrons. The number of imide groups is 3. The minimum Gasteiger partial charge on any atom is -0.329 e. The van der Waals surface area contributed by atoms with E-state index in [2.05, 4.69) is 61.9 Å². The molecule has 0 spiro atoms. The Hall–Kier alpha value is -4.72. The third-order valence-corrected chi connectivity index (χ3v) is 11.2. The Morgan fingerprint density at radius 2 is 0.734 bits per heavy atom. The molecule has 3 aliphatic rings. The van der Waals surface area contributed by atoms with Gasteiger partial charge in [0.2, 0.25) is 0 Å². The smallest absolute Gasteiger partial charge is 0.261 e. The van der Waals surface area contributed by atoms with Crippen LogP contribution in [0.15, 0.2) is 72.8 Å². The summed E-state index contributed by atoms with van der Waals surface area (Å²) < 4.78 is 0. The number of likely N-dealkylation sites (N-methyl/N-ethyl adjacent to an activating group) is 4. The summed E-state index contributed by atoms with van der Waals surface area (Å²) in [6.07, 6.45) is 2.59. The van der Waals surface area contributed by atoms with Crippen LogP contribution in [-0.4, -0.2) is 202 Å². The van der Waals surface area contributed by atoms with Gasteiger partial charge in [-0.25, -0.2) is 0 Å². The number of carbonyl (C=O) groups is 6. The molecule has 17 heteroatoms. The van der Waals surface area contributed by atoms with E-state index in [4.69, 9.17) is 11.5 Å². The Bertz CT molecular complexity index is 1800. The molecular weight excluding hydrogens is 880 g/mol. The van der Waals surface area contributed by atoms with Crippen molar-refractivity contribution in [2.75, 3.05) is 132 Å². The first-order chi connectivity index (χ1) is 30.7. The number of amides is 6. The standard InChI is InChI=1S/C24H26N4O4.C10H8BrNO2.C8H22N4.C5H13N/c1-25(13-15-27-21(29)17-7-3-4-8-18(17)22(27)30)11-12-26(2)14-16-28-23(31)19-9-5-6-10-20(19)24(28)32;11-5-6-12-9(13)7-3-1-2-4-8(7)10(12)14;1-11(5-3-9)7-8-12(2)6-4-10;1-3-4-5-6-2/h3-10H,11-16H2,1-2H3;1-4H,5-6H2;3-10H2,1-2H3;6H,3-5H2,1-2H3. The highest BCUT2D eigenvalue weighted by Crippen LogP contribution is 2.24. The number of hydrogen-bond donors (Lipinski definition) is 3. The van der Waals surface area contributed by atoms with Crippen LogP contribution in [0.3, 0.4) is 0 Å². The Balaban J connectivity index is 0.000000279. The number of halogens is 1. The minimum atomic E-state index is -0.239. The zero-order valence-corrected chi connectivity index (χ0v) is 40.1. The highest BCUT2D eigenvalue weighted by atomic mass is 79.9. The fourth-order valence-electron chi connectivity index (χ4n) is 6.88. The molecule has 3 aliphatic heterocycles. The average molecular weight is 950 g/mol. The van der Waals surface area contributed by atoms with E-state index in [9.17, 15) is 28.8 Å². The van der Waals surface area contributed by atoms with Crippen LogP contribution in [0.4, 0.5) is 0 Å². The van der Waals surface area contributed by atoms with Crippen molar-refractivity contribution < 1.29 is 28.8 Å². The van der Waals surface area contributed by atoms with Gasteiger partial charge in [-0.1, -0.05) is 65.7 Å². The molecule has 0 aromatic heterocycles. The summed E-state index contributed by atoms with van der Waals surface area (Å²) in [4.78, 5) is 85.6. The van der Waals surface area contributed by atoms with Gasteiger partial charge in [-0.2, -0.15) is 0 Å². The third-order valence-electron chi connectivity index (χ3n) is 10.9. The van der Waals surface area contributed by atoms with Gasteiger partial charge < -0.3 is 36.4 Å². The van der Waals surface area contributed by atoms with Gasteiger partial charge in [-0.3, -0.25) is 43.5 Å². The zero-order chi connectivity index (χ0) is 47.2. The molecule has 16 nitrogen and oxygen atoms in total. The fraction of sp³-hybridized carbons (Fsp3) is 0.489. The van der Waals surface area contributed by atoms with Gasteiger partial charge in [0.15, 0.2) is 0 Å². The predicted molar refractivity (Wildman–Crippen MR) is 256 cm³/mol. The number of fused-ring (bicyclic) bond motifs is 3. The summed E-state index contributed by atoms with van der Waals surface area (Å²) in [6.45, 7) is 12.6. The monoisotopic (exact) mass is 948 g/mol. The van der Waals surface area contributed by atoms with Gasteiger partial charge >= 0.3 is 0 Å². The third kappa shape index (κ3) is 15.5. The highest BCUT2D eigenvalue weighted by Gasteiger charge is 2.36. The summed E-state index contributed by atoms with van der Waals surface area (Å²) in [6, 6.07) is 20.7. The second-order valence-corrected chi connectivity index (χ2v) is 16.7. The number of carbonyl (C=O) groups excluding carboxylic acids is 6. The van der Waals surface area contributed by atoms with Crippen LogP contribution in [0.5, 0.6) is 0 Å². The molecule has 0 atom stereocenters. The van der Waals surface area contributed by atoms with Crippen molar-refractivity contribution in [3.8, 4) is 0 Å². The zero-order valence-electron chi connectivity index (χ0n) is 38.6. The van der Waals surface area contributed by atoms with E-state index in [1.54, 1.807) is 72.8 Å². The van der Waals surface area contributed by atoms with Crippen molar-refractivity contribution in [2.24, 2.45) is 11.5 Å². The lowest BCUT2D eigenvalue weighted by Crippen LogP contribution is -2.41. The Morgan fingerprint density at radius 1 is 0.469 bits per heavy atom. The molecule has 64 heavy (non-hydrogen) atoms. The van der Waals surface area contributed by atoms with E-state index in [0.29, 0.717) is 71.4 Å². The van der Waals surface area contributed by atoms with Crippen molar-refractivity contribution in [1.29, 1.82) is 0 Å². The second kappa shape index (κ2) is 28.2. The van der Waals surface area contributed by atoms with Crippen molar-refractivity contribution in [2.45, 2.75) is 19.8 Å². The lowest BCUT2D eigenvalue weighted by Gasteiger charge is -2.25. The molecule has 0 unspecified atom stereocenters. The normalized spacial score (nSPS) is 13.9. The van der Waals surface area contributed by atoms with E-state index in [0.717, 1.165) is 58.9 Å². The minimum absolute atomic E-state index is 0.190. The molecule has 0 radical (unpaired) electrons. The molecule has 0 saturated heterocycles. The van der Waals surface area contributed by atoms with Crippen LogP contribution in [0.2, 0.25) is 0 Å². The number of alkyl halides is 1. The largest absolute Gasteiger partial charge is 0.329 e. The van der Waals surface area contributed by atoms with Gasteiger partial charge in [0.25, 0.3) is 35.4 Å². The first-order valence-corrected chi connectivity index (χ1v) is 23.1. The Morgan fingerprint density at radius 3 is 0.953 bits per heavy atom. The number of nitrogens with zero attached hydrogens (tertiary/aromatic N) is 7. The number of rotatable bonds is 21. The molecule has 0 saturated carbocycles. The molecule has 3 heterocycles. The number of hydrogen-bond acceptors (Lipinski definition) is 13. The maximum atomic E-state index is 12.5. The Kier molecular flexibility index (Phi) is 23.7. The summed E-state index contributed by atoms with van der Waals surface area (Å²) >= 11 is 3.21. The second-order valence-electron chi connectivity index (χ2n) is 15.9. The molecule has 6 amide bonds. The van der Waals surface area contributed by atoms with Crippen molar-refractivity contribution >= 4 is 51.4 Å². The molecule has 5 N–H and O–H groups in total. The van der Waals surface area contributed by atoms with Crippen LogP contribution >= 0.6 is 15.9 Å². The van der Waals surface area contributed by atoms with Crippen molar-refractivity contribution in [3.63, 3.8) is 0 Å². The molecule has 3 aromatic carbocycles. The van der Waals surface area contributed by atoms with Gasteiger partial charge in [0, 0.05) is 90.4 Å². The first-order valence-electron chi connectivity index (χ1n) is 22.0. The summed E-state index contributed by atoms with van der Waals surface area (Å²) in [5.41, 5.74) is 13.7. The number of nitrogens with two attached hydrogens (primary N) is 2. The number of benzene rings is 3. The first kappa shape index (κ1) is 53.6. The van der Waals surface area contributed by atoms with E-state index in [1.807, 2.05) is 21.1 Å². The van der Waals surface area contributed by atoms with E-state index >= 15 is 0 Å². The highest BCUT2D eigenvalue weighted by molar-refractivity contribution is 9.09. The van der Waals surface area contributed by atoms with Crippen molar-refractivity contribution in [3.05, 3.63) is 106 Å². The van der Waals surface area contributed by atoms with E-state index in [-0.39, 0.29) is 35.4 Å². The van der Waals surface area contributed by atoms with Crippen LogP contribution in [0.1, 0.15) is 81.9 Å². The van der Waals surface area contributed by atoms with Gasteiger partial charge in [-0.05, 0) is 84.6 Å². The van der Waals surface area contributed by atoms with Crippen LogP contribution in [-0.2, 0) is 0 Å². The quantitative estimate of drug-likeness (QED) is 0.0805.